The molecule has 0 bridgehead atoms. The minimum Gasteiger partial charge on any atom is -0.497 e. The summed E-state index contributed by atoms with van der Waals surface area (Å²) in [4.78, 5) is 28.0. The lowest BCUT2D eigenvalue weighted by Gasteiger charge is -2.37. The maximum Gasteiger partial charge on any atom is 0.356 e. The van der Waals surface area contributed by atoms with E-state index in [9.17, 15) is 9.59 Å². The molecule has 3 aromatic rings. The van der Waals surface area contributed by atoms with Crippen molar-refractivity contribution in [3.05, 3.63) is 77.1 Å². The molecule has 1 atom stereocenters. The van der Waals surface area contributed by atoms with E-state index in [1.807, 2.05) is 12.1 Å². The fourth-order valence-electron chi connectivity index (χ4n) is 3.47. The summed E-state index contributed by atoms with van der Waals surface area (Å²) in [6.07, 6.45) is 4.93. The largest absolute Gasteiger partial charge is 0.497 e. The second kappa shape index (κ2) is 8.04. The molecule has 0 saturated carbocycles. The monoisotopic (exact) mass is 450 g/mol. The third-order valence-corrected chi connectivity index (χ3v) is 6.36. The van der Waals surface area contributed by atoms with Crippen molar-refractivity contribution < 1.29 is 23.5 Å². The molecule has 4 heterocycles. The molecule has 32 heavy (non-hydrogen) atoms. The van der Waals surface area contributed by atoms with Crippen molar-refractivity contribution in [3.63, 3.8) is 0 Å². The maximum absolute atomic E-state index is 13.1. The third-order valence-electron chi connectivity index (χ3n) is 5.04. The summed E-state index contributed by atoms with van der Waals surface area (Å²) in [6, 6.07) is 10.7. The van der Waals surface area contributed by atoms with Crippen LogP contribution < -0.4 is 4.74 Å². The van der Waals surface area contributed by atoms with Gasteiger partial charge in [0.05, 0.1) is 30.0 Å². The van der Waals surface area contributed by atoms with E-state index in [0.29, 0.717) is 27.7 Å². The van der Waals surface area contributed by atoms with Crippen molar-refractivity contribution in [1.29, 1.82) is 0 Å². The smallest absolute Gasteiger partial charge is 0.356 e. The van der Waals surface area contributed by atoms with Gasteiger partial charge in [0, 0.05) is 7.05 Å². The van der Waals surface area contributed by atoms with Crippen molar-refractivity contribution >= 4 is 34.6 Å². The van der Waals surface area contributed by atoms with Crippen LogP contribution in [-0.4, -0.2) is 44.3 Å². The highest BCUT2D eigenvalue weighted by atomic mass is 32.2. The van der Waals surface area contributed by atoms with Gasteiger partial charge in [-0.25, -0.2) is 4.79 Å². The van der Waals surface area contributed by atoms with E-state index in [-0.39, 0.29) is 23.6 Å². The third kappa shape index (κ3) is 3.48. The molecule has 2 aliphatic rings. The fraction of sp³-hybridized carbons (Fsp3) is 0.182. The second-order valence-electron chi connectivity index (χ2n) is 7.14. The van der Waals surface area contributed by atoms with Gasteiger partial charge in [0.25, 0.3) is 5.91 Å². The zero-order chi connectivity index (χ0) is 22.2. The number of β-lactam (4-membered cyclic amide) rings is 1. The van der Waals surface area contributed by atoms with Crippen molar-refractivity contribution in [2.45, 2.75) is 12.0 Å². The Morgan fingerprint density at radius 3 is 2.75 bits per heavy atom. The number of rotatable bonds is 6. The molecule has 0 unspecified atom stereocenters. The van der Waals surface area contributed by atoms with Gasteiger partial charge in [0.2, 0.25) is 0 Å². The standard InChI is InChI=1S/C22H18N4O5S/c1-25-11-14(23-24-25)10-16-20(27)26-18(19(32-21(16)26)17-4-3-9-30-17)22(28)31-12-13-5-7-15(29-2)8-6-13/h3-11,21H,12H2,1-2H3/b16-10-/t21-/m1/s1. The molecule has 9 nitrogen and oxygen atoms in total. The Morgan fingerprint density at radius 1 is 1.28 bits per heavy atom. The van der Waals surface area contributed by atoms with Crippen LogP contribution in [0.1, 0.15) is 17.0 Å². The van der Waals surface area contributed by atoms with Gasteiger partial charge in [0.15, 0.2) is 0 Å². The topological polar surface area (TPSA) is 99.7 Å². The summed E-state index contributed by atoms with van der Waals surface area (Å²) in [6.45, 7) is 0.0669. The number of hydrogen-bond donors (Lipinski definition) is 0. The van der Waals surface area contributed by atoms with E-state index in [2.05, 4.69) is 10.3 Å². The van der Waals surface area contributed by atoms with Crippen LogP contribution in [0.2, 0.25) is 0 Å². The minimum atomic E-state index is -0.589. The van der Waals surface area contributed by atoms with Crippen LogP contribution in [-0.2, 0) is 28.0 Å². The van der Waals surface area contributed by atoms with Crippen molar-refractivity contribution in [2.75, 3.05) is 7.11 Å². The number of aryl methyl sites for hydroxylation is 1. The molecule has 1 fully saturated rings. The molecule has 10 heteroatoms. The molecular weight excluding hydrogens is 432 g/mol. The lowest BCUT2D eigenvalue weighted by atomic mass is 10.0. The SMILES string of the molecule is COc1ccc(COC(=O)C2=C(c3ccco3)S[C@@H]3/C(=C\c4cn(C)nn4)C(=O)N23)cc1. The maximum atomic E-state index is 13.1. The zero-order valence-electron chi connectivity index (χ0n) is 17.2. The first-order valence-electron chi connectivity index (χ1n) is 9.71. The number of nitrogens with zero attached hydrogens (tertiary/aromatic N) is 4. The summed E-state index contributed by atoms with van der Waals surface area (Å²) in [5, 5.41) is 7.54. The molecule has 1 aromatic carbocycles. The summed E-state index contributed by atoms with van der Waals surface area (Å²) in [5.74, 6) is 0.360. The van der Waals surface area contributed by atoms with Crippen LogP contribution in [0.15, 0.2) is 64.5 Å². The lowest BCUT2D eigenvalue weighted by Crippen LogP contribution is -2.51. The Hall–Kier alpha value is -3.79. The lowest BCUT2D eigenvalue weighted by molar-refractivity contribution is -0.146. The van der Waals surface area contributed by atoms with E-state index >= 15 is 0 Å². The first-order valence-corrected chi connectivity index (χ1v) is 10.6. The number of esters is 1. The van der Waals surface area contributed by atoms with Gasteiger partial charge in [-0.1, -0.05) is 29.1 Å². The van der Waals surface area contributed by atoms with Crippen LogP contribution in [0.5, 0.6) is 5.75 Å². The molecule has 1 saturated heterocycles. The quantitative estimate of drug-likeness (QED) is 0.321. The van der Waals surface area contributed by atoms with E-state index in [4.69, 9.17) is 13.9 Å². The number of carbonyl (C=O) groups is 2. The van der Waals surface area contributed by atoms with Gasteiger partial charge < -0.3 is 13.9 Å². The molecular formula is C22H18N4O5S. The zero-order valence-corrected chi connectivity index (χ0v) is 18.0. The number of furan rings is 1. The molecule has 1 amide bonds. The number of aromatic nitrogens is 3. The van der Waals surface area contributed by atoms with Crippen LogP contribution in [0.25, 0.3) is 11.0 Å². The van der Waals surface area contributed by atoms with E-state index in [1.165, 1.54) is 22.9 Å². The van der Waals surface area contributed by atoms with Crippen molar-refractivity contribution in [1.82, 2.24) is 19.9 Å². The molecule has 2 aliphatic heterocycles. The van der Waals surface area contributed by atoms with Gasteiger partial charge in [0.1, 0.15) is 34.9 Å². The Morgan fingerprint density at radius 2 is 2.09 bits per heavy atom. The van der Waals surface area contributed by atoms with Gasteiger partial charge >= 0.3 is 5.97 Å². The Bertz CT molecular complexity index is 1240. The molecule has 0 N–H and O–H groups in total. The Labute approximate surface area is 187 Å². The van der Waals surface area contributed by atoms with Crippen LogP contribution in [0.3, 0.4) is 0 Å². The predicted molar refractivity (Wildman–Crippen MR) is 116 cm³/mol. The van der Waals surface area contributed by atoms with Gasteiger partial charge in [-0.15, -0.1) is 5.10 Å². The molecule has 0 aliphatic carbocycles. The number of ether oxygens (including phenoxy) is 2. The van der Waals surface area contributed by atoms with E-state index < -0.39 is 5.97 Å². The van der Waals surface area contributed by atoms with E-state index in [1.54, 1.807) is 55.4 Å². The number of hydrogen-bond acceptors (Lipinski definition) is 8. The summed E-state index contributed by atoms with van der Waals surface area (Å²) in [5.41, 5.74) is 2.10. The number of methoxy groups -OCH3 is 1. The highest BCUT2D eigenvalue weighted by Gasteiger charge is 2.53. The average molecular weight is 450 g/mol. The molecule has 0 spiro atoms. The summed E-state index contributed by atoms with van der Waals surface area (Å²) in [7, 11) is 3.34. The van der Waals surface area contributed by atoms with Gasteiger partial charge in [-0.3, -0.25) is 14.4 Å². The number of fused-ring (bicyclic) bond motifs is 1. The first-order chi connectivity index (χ1) is 15.5. The fourth-order valence-corrected chi connectivity index (χ4v) is 4.82. The Kier molecular flexibility index (Phi) is 5.06. The van der Waals surface area contributed by atoms with Gasteiger partial charge in [-0.05, 0) is 35.9 Å². The highest BCUT2D eigenvalue weighted by Crippen LogP contribution is 2.53. The minimum absolute atomic E-state index is 0.0669. The normalized spacial score (nSPS) is 18.7. The highest BCUT2D eigenvalue weighted by molar-refractivity contribution is 8.09. The summed E-state index contributed by atoms with van der Waals surface area (Å²) < 4.78 is 17.8. The molecule has 0 radical (unpaired) electrons. The Balaban J connectivity index is 1.39. The number of benzene rings is 1. The first kappa shape index (κ1) is 20.1. The van der Waals surface area contributed by atoms with Crippen LogP contribution in [0, 0.1) is 0 Å². The van der Waals surface area contributed by atoms with Crippen molar-refractivity contribution in [3.8, 4) is 5.75 Å². The second-order valence-corrected chi connectivity index (χ2v) is 8.23. The molecule has 162 valence electrons. The average Bonchev–Trinajstić information content (AvgIpc) is 3.54. The number of amides is 1. The van der Waals surface area contributed by atoms with Crippen molar-refractivity contribution in [2.24, 2.45) is 7.05 Å². The number of carbonyl (C=O) groups excluding carboxylic acids is 2. The van der Waals surface area contributed by atoms with Gasteiger partial charge in [-0.2, -0.15) is 0 Å². The number of thioether (sulfide) groups is 1. The summed E-state index contributed by atoms with van der Waals surface area (Å²) >= 11 is 1.37. The molecule has 5 rings (SSSR count). The predicted octanol–water partition coefficient (Wildman–Crippen LogP) is 2.83. The van der Waals surface area contributed by atoms with E-state index in [0.717, 1.165) is 5.56 Å². The van der Waals surface area contributed by atoms with Crippen LogP contribution >= 0.6 is 11.8 Å². The molecule has 2 aromatic heterocycles. The van der Waals surface area contributed by atoms with Crippen LogP contribution in [0.4, 0.5) is 0 Å².